The Labute approximate surface area is 174 Å². The van der Waals surface area contributed by atoms with E-state index in [4.69, 9.17) is 23.7 Å². The van der Waals surface area contributed by atoms with Crippen LogP contribution in [0.15, 0.2) is 52.6 Å². The maximum absolute atomic E-state index is 5.88. The summed E-state index contributed by atoms with van der Waals surface area (Å²) in [6, 6.07) is 11.6. The Kier molecular flexibility index (Phi) is 7.92. The number of hydrogen-bond donors (Lipinski definition) is 0. The van der Waals surface area contributed by atoms with Gasteiger partial charge in [0.15, 0.2) is 11.5 Å². The first-order valence-corrected chi connectivity index (χ1v) is 9.91. The predicted molar refractivity (Wildman–Crippen MR) is 111 cm³/mol. The topological polar surface area (TPSA) is 71.9 Å². The summed E-state index contributed by atoms with van der Waals surface area (Å²) in [5.41, 5.74) is 0.780. The average Bonchev–Trinajstić information content (AvgIpc) is 2.75. The van der Waals surface area contributed by atoms with E-state index in [0.717, 1.165) is 26.6 Å². The van der Waals surface area contributed by atoms with E-state index in [1.807, 2.05) is 36.4 Å². The minimum absolute atomic E-state index is 0.414. The molecule has 0 saturated carbocycles. The second-order valence-electron chi connectivity index (χ2n) is 5.96. The molecule has 0 saturated heterocycles. The summed E-state index contributed by atoms with van der Waals surface area (Å²) >= 11 is 1.55. The van der Waals surface area contributed by atoms with Gasteiger partial charge in [-0.05, 0) is 30.3 Å². The van der Waals surface area contributed by atoms with Crippen molar-refractivity contribution in [2.75, 3.05) is 47.8 Å². The van der Waals surface area contributed by atoms with Crippen molar-refractivity contribution in [3.05, 3.63) is 42.7 Å². The smallest absolute Gasteiger partial charge is 0.163 e. The highest BCUT2D eigenvalue weighted by Gasteiger charge is 2.13. The van der Waals surface area contributed by atoms with Gasteiger partial charge >= 0.3 is 0 Å². The highest BCUT2D eigenvalue weighted by atomic mass is 32.2. The molecule has 1 heterocycles. The van der Waals surface area contributed by atoms with E-state index in [9.17, 15) is 0 Å². The molecule has 0 amide bonds. The number of hydrogen-bond acceptors (Lipinski definition) is 8. The lowest BCUT2D eigenvalue weighted by Crippen LogP contribution is -2.08. The Morgan fingerprint density at radius 1 is 0.793 bits per heavy atom. The van der Waals surface area contributed by atoms with E-state index in [1.165, 1.54) is 0 Å². The van der Waals surface area contributed by atoms with Gasteiger partial charge in [-0.15, -0.1) is 0 Å². The fourth-order valence-corrected chi connectivity index (χ4v) is 3.44. The second-order valence-corrected chi connectivity index (χ2v) is 7.02. The molecule has 29 heavy (non-hydrogen) atoms. The van der Waals surface area contributed by atoms with Crippen molar-refractivity contribution in [3.63, 3.8) is 0 Å². The van der Waals surface area contributed by atoms with Crippen LogP contribution in [0.25, 0.3) is 10.9 Å². The third kappa shape index (κ3) is 5.72. The number of methoxy groups -OCH3 is 3. The molecule has 7 nitrogen and oxygen atoms in total. The Morgan fingerprint density at radius 3 is 2.07 bits per heavy atom. The number of ether oxygens (including phenoxy) is 5. The van der Waals surface area contributed by atoms with Crippen molar-refractivity contribution >= 4 is 22.7 Å². The fraction of sp³-hybridized carbons (Fsp3) is 0.333. The van der Waals surface area contributed by atoms with Gasteiger partial charge in [0, 0.05) is 30.6 Å². The van der Waals surface area contributed by atoms with Gasteiger partial charge in [-0.1, -0.05) is 11.8 Å². The van der Waals surface area contributed by atoms with Gasteiger partial charge in [-0.3, -0.25) is 0 Å². The van der Waals surface area contributed by atoms with Crippen LogP contribution in [0, 0.1) is 0 Å². The van der Waals surface area contributed by atoms with Crippen molar-refractivity contribution in [1.29, 1.82) is 0 Å². The van der Waals surface area contributed by atoms with Crippen LogP contribution in [0.4, 0.5) is 0 Å². The zero-order valence-corrected chi connectivity index (χ0v) is 17.5. The highest BCUT2D eigenvalue weighted by Crippen LogP contribution is 2.37. The molecule has 0 spiro atoms. The quantitative estimate of drug-likeness (QED) is 0.345. The minimum atomic E-state index is 0.414. The normalized spacial score (nSPS) is 10.9. The number of nitrogens with zero attached hydrogens (tertiary/aromatic N) is 2. The van der Waals surface area contributed by atoms with Crippen LogP contribution >= 0.6 is 11.8 Å². The van der Waals surface area contributed by atoms with E-state index in [1.54, 1.807) is 39.4 Å². The number of benzene rings is 2. The lowest BCUT2D eigenvalue weighted by molar-refractivity contribution is 0.132. The van der Waals surface area contributed by atoms with Gasteiger partial charge in [0.2, 0.25) is 0 Å². The molecule has 3 aromatic rings. The number of rotatable bonds is 11. The molecule has 3 rings (SSSR count). The minimum Gasteiger partial charge on any atom is -0.497 e. The van der Waals surface area contributed by atoms with Gasteiger partial charge < -0.3 is 23.7 Å². The van der Waals surface area contributed by atoms with Gasteiger partial charge in [-0.2, -0.15) is 0 Å². The summed E-state index contributed by atoms with van der Waals surface area (Å²) in [4.78, 5) is 9.92. The maximum atomic E-state index is 5.88. The standard InChI is InChI=1S/C21H24N2O5S/c1-24-8-10-27-19-12-17-18(13-20(19)28-11-9-25-2)22-14-23-21(17)29-16-6-4-15(26-3)5-7-16/h4-7,12-14H,8-11H2,1-3H3. The number of fused-ring (bicyclic) bond motifs is 1. The van der Waals surface area contributed by atoms with Crippen molar-refractivity contribution in [1.82, 2.24) is 9.97 Å². The van der Waals surface area contributed by atoms with Crippen molar-refractivity contribution < 1.29 is 23.7 Å². The number of aromatic nitrogens is 2. The molecule has 1 aromatic heterocycles. The molecule has 0 N–H and O–H groups in total. The van der Waals surface area contributed by atoms with Gasteiger partial charge in [-0.25, -0.2) is 9.97 Å². The Balaban J connectivity index is 1.92. The molecular formula is C21H24N2O5S. The summed E-state index contributed by atoms with van der Waals surface area (Å²) in [7, 11) is 4.92. The summed E-state index contributed by atoms with van der Waals surface area (Å²) in [5.74, 6) is 2.05. The fourth-order valence-electron chi connectivity index (χ4n) is 2.57. The first-order valence-electron chi connectivity index (χ1n) is 9.09. The zero-order chi connectivity index (χ0) is 20.5. The highest BCUT2D eigenvalue weighted by molar-refractivity contribution is 7.99. The molecule has 0 unspecified atom stereocenters. The molecule has 0 radical (unpaired) electrons. The van der Waals surface area contributed by atoms with Crippen LogP contribution in [0.1, 0.15) is 0 Å². The third-order valence-electron chi connectivity index (χ3n) is 4.03. The van der Waals surface area contributed by atoms with Gasteiger partial charge in [0.05, 0.1) is 25.8 Å². The predicted octanol–water partition coefficient (Wildman–Crippen LogP) is 3.84. The summed E-state index contributed by atoms with van der Waals surface area (Å²) < 4.78 is 27.1. The molecule has 0 aliphatic carbocycles. The van der Waals surface area contributed by atoms with Crippen LogP contribution in [0.2, 0.25) is 0 Å². The first kappa shape index (κ1) is 21.2. The summed E-state index contributed by atoms with van der Waals surface area (Å²) in [6.45, 7) is 1.80. The molecule has 0 aliphatic rings. The largest absolute Gasteiger partial charge is 0.497 e. The summed E-state index contributed by atoms with van der Waals surface area (Å²) in [6.07, 6.45) is 1.55. The van der Waals surface area contributed by atoms with E-state index >= 15 is 0 Å². The van der Waals surface area contributed by atoms with Gasteiger partial charge in [0.1, 0.15) is 30.3 Å². The third-order valence-corrected chi connectivity index (χ3v) is 5.05. The molecule has 0 aliphatic heterocycles. The molecule has 2 aromatic carbocycles. The van der Waals surface area contributed by atoms with Crippen molar-refractivity contribution in [2.24, 2.45) is 0 Å². The van der Waals surface area contributed by atoms with Crippen molar-refractivity contribution in [2.45, 2.75) is 9.92 Å². The van der Waals surface area contributed by atoms with E-state index in [0.29, 0.717) is 37.9 Å². The summed E-state index contributed by atoms with van der Waals surface area (Å²) in [5, 5.41) is 1.72. The molecular weight excluding hydrogens is 392 g/mol. The zero-order valence-electron chi connectivity index (χ0n) is 16.7. The van der Waals surface area contributed by atoms with Crippen LogP contribution in [-0.4, -0.2) is 57.7 Å². The first-order chi connectivity index (χ1) is 14.2. The molecule has 0 atom stereocenters. The van der Waals surface area contributed by atoms with Gasteiger partial charge in [0.25, 0.3) is 0 Å². The van der Waals surface area contributed by atoms with Crippen molar-refractivity contribution in [3.8, 4) is 17.2 Å². The Morgan fingerprint density at radius 2 is 1.45 bits per heavy atom. The maximum Gasteiger partial charge on any atom is 0.163 e. The average molecular weight is 416 g/mol. The molecule has 0 bridgehead atoms. The monoisotopic (exact) mass is 416 g/mol. The Hall–Kier alpha value is -2.55. The van der Waals surface area contributed by atoms with E-state index < -0.39 is 0 Å². The van der Waals surface area contributed by atoms with E-state index in [2.05, 4.69) is 9.97 Å². The second kappa shape index (κ2) is 10.8. The molecule has 154 valence electrons. The molecule has 0 fully saturated rings. The molecule has 8 heteroatoms. The van der Waals surface area contributed by atoms with Crippen LogP contribution in [0.3, 0.4) is 0 Å². The van der Waals surface area contributed by atoms with Crippen LogP contribution < -0.4 is 14.2 Å². The lowest BCUT2D eigenvalue weighted by atomic mass is 10.2. The van der Waals surface area contributed by atoms with Crippen LogP contribution in [-0.2, 0) is 9.47 Å². The van der Waals surface area contributed by atoms with Crippen LogP contribution in [0.5, 0.6) is 17.2 Å². The lowest BCUT2D eigenvalue weighted by Gasteiger charge is -2.14. The SMILES string of the molecule is COCCOc1cc2ncnc(Sc3ccc(OC)cc3)c2cc1OCCOC. The van der Waals surface area contributed by atoms with E-state index in [-0.39, 0.29) is 0 Å². The Bertz CT molecular complexity index is 921.